The van der Waals surface area contributed by atoms with E-state index in [4.69, 9.17) is 26.4 Å². The monoisotopic (exact) mass is 598 g/mol. The average Bonchev–Trinajstić information content (AvgIpc) is 3.38. The molecule has 2 aliphatic heterocycles. The number of rotatable bonds is 6. The highest BCUT2D eigenvalue weighted by molar-refractivity contribution is 7.89. The molecule has 0 spiro atoms. The van der Waals surface area contributed by atoms with Crippen LogP contribution in [0.1, 0.15) is 0 Å². The van der Waals surface area contributed by atoms with Crippen molar-refractivity contribution in [1.29, 1.82) is 0 Å². The molecule has 41 heavy (non-hydrogen) atoms. The van der Waals surface area contributed by atoms with Gasteiger partial charge in [0.25, 0.3) is 0 Å². The summed E-state index contributed by atoms with van der Waals surface area (Å²) in [7, 11) is -0.293. The molecule has 0 radical (unpaired) electrons. The minimum atomic E-state index is -3.54. The molecule has 0 unspecified atom stereocenters. The van der Waals surface area contributed by atoms with E-state index in [0.29, 0.717) is 56.0 Å². The van der Waals surface area contributed by atoms with E-state index < -0.39 is 10.0 Å². The van der Waals surface area contributed by atoms with Crippen molar-refractivity contribution < 1.29 is 27.6 Å². The fourth-order valence-electron chi connectivity index (χ4n) is 5.30. The molecule has 12 nitrogen and oxygen atoms in total. The molecular weight excluding hydrogens is 566 g/mol. The van der Waals surface area contributed by atoms with Gasteiger partial charge in [-0.05, 0) is 42.5 Å². The molecule has 2 saturated heterocycles. The van der Waals surface area contributed by atoms with E-state index in [-0.39, 0.29) is 4.90 Å². The van der Waals surface area contributed by atoms with Gasteiger partial charge in [0.05, 0.1) is 64.0 Å². The van der Waals surface area contributed by atoms with Gasteiger partial charge in [0.2, 0.25) is 27.8 Å². The number of fused-ring (bicyclic) bond motifs is 3. The number of nitrogens with one attached hydrogen (secondary N) is 3. The van der Waals surface area contributed by atoms with Crippen LogP contribution in [0.3, 0.4) is 0 Å². The van der Waals surface area contributed by atoms with Gasteiger partial charge in [-0.25, -0.2) is 13.4 Å². The standard InChI is InChI=1S/C27H31N7O5S2/c1-37-22-15-20-21(16-23(22)38-2)31-25-24(20)26(29-17-28-25)32-7-9-33(10-8-32)27(40)30-18-3-5-19(6-4-18)41(35,36)34-11-13-39-14-12-34/h3-6,15-17H,7-14H2,1-2H3,(H,30,40)(H,28,29,31)/p+1. The van der Waals surface area contributed by atoms with Crippen molar-refractivity contribution in [2.75, 3.05) is 76.9 Å². The average molecular weight is 599 g/mol. The van der Waals surface area contributed by atoms with Crippen LogP contribution in [0.2, 0.25) is 0 Å². The number of aromatic nitrogens is 3. The molecule has 2 aromatic carbocycles. The molecule has 0 bridgehead atoms. The number of hydrogen-bond donors (Lipinski definition) is 2. The maximum atomic E-state index is 12.9. The topological polar surface area (TPSA) is 126 Å². The zero-order valence-electron chi connectivity index (χ0n) is 22.8. The predicted molar refractivity (Wildman–Crippen MR) is 159 cm³/mol. The van der Waals surface area contributed by atoms with E-state index in [9.17, 15) is 8.42 Å². The Balaban J connectivity index is 1.13. The maximum absolute atomic E-state index is 12.9. The van der Waals surface area contributed by atoms with Gasteiger partial charge >= 0.3 is 0 Å². The number of nitrogens with zero attached hydrogens (tertiary/aromatic N) is 4. The summed E-state index contributed by atoms with van der Waals surface area (Å²) in [5.41, 5.74) is 2.44. The third-order valence-corrected chi connectivity index (χ3v) is 9.78. The molecule has 0 atom stereocenters. The molecule has 14 heteroatoms. The molecule has 3 N–H and O–H groups in total. The molecule has 216 valence electrons. The second-order valence-electron chi connectivity index (χ2n) is 9.80. The number of sulfonamides is 1. The highest BCUT2D eigenvalue weighted by Gasteiger charge is 2.29. The van der Waals surface area contributed by atoms with Crippen LogP contribution < -0.4 is 24.7 Å². The predicted octanol–water partition coefficient (Wildman–Crippen LogP) is 2.09. The van der Waals surface area contributed by atoms with Gasteiger partial charge in [0.1, 0.15) is 5.39 Å². The summed E-state index contributed by atoms with van der Waals surface area (Å²) in [4.78, 5) is 15.9. The molecule has 4 aromatic rings. The molecule has 0 amide bonds. The Bertz CT molecular complexity index is 1680. The van der Waals surface area contributed by atoms with Gasteiger partial charge in [-0.1, -0.05) is 4.98 Å². The van der Waals surface area contributed by atoms with Gasteiger partial charge in [-0.3, -0.25) is 4.90 Å². The van der Waals surface area contributed by atoms with Crippen LogP contribution in [0.5, 0.6) is 11.5 Å². The third-order valence-electron chi connectivity index (χ3n) is 7.51. The molecule has 4 heterocycles. The van der Waals surface area contributed by atoms with Gasteiger partial charge in [-0.2, -0.15) is 4.31 Å². The highest BCUT2D eigenvalue weighted by Crippen LogP contribution is 2.37. The first-order chi connectivity index (χ1) is 19.9. The SMILES string of the molecule is COc1cc2[nH]c3nc[nH+]c(N4CCN(C(=S)Nc5ccc(S(=O)(=O)N6CCOCC6)cc5)CC4)c3c2cc1OC. The van der Waals surface area contributed by atoms with Gasteiger partial charge in [0, 0.05) is 30.2 Å². The second kappa shape index (κ2) is 11.3. The molecule has 2 fully saturated rings. The van der Waals surface area contributed by atoms with Crippen molar-refractivity contribution in [3.63, 3.8) is 0 Å². The number of hydrogen-bond acceptors (Lipinski definition) is 8. The molecule has 0 saturated carbocycles. The molecule has 2 aliphatic rings. The summed E-state index contributed by atoms with van der Waals surface area (Å²) in [6.45, 7) is 4.47. The third kappa shape index (κ3) is 5.23. The van der Waals surface area contributed by atoms with Crippen LogP contribution in [0.25, 0.3) is 21.9 Å². The number of methoxy groups -OCH3 is 2. The smallest absolute Gasteiger partial charge is 0.243 e. The first-order valence-corrected chi connectivity index (χ1v) is 15.2. The van der Waals surface area contributed by atoms with E-state index >= 15 is 0 Å². The Morgan fingerprint density at radius 1 is 1.02 bits per heavy atom. The normalized spacial score (nSPS) is 16.7. The van der Waals surface area contributed by atoms with Crippen molar-refractivity contribution in [1.82, 2.24) is 19.2 Å². The Hall–Kier alpha value is -3.72. The number of H-pyrrole nitrogens is 2. The quantitative estimate of drug-likeness (QED) is 0.319. The van der Waals surface area contributed by atoms with Gasteiger partial charge in [0.15, 0.2) is 16.6 Å². The van der Waals surface area contributed by atoms with E-state index in [1.54, 1.807) is 44.8 Å². The van der Waals surface area contributed by atoms with Gasteiger partial charge < -0.3 is 29.4 Å². The lowest BCUT2D eigenvalue weighted by atomic mass is 10.1. The molecule has 2 aromatic heterocycles. The van der Waals surface area contributed by atoms with E-state index in [1.165, 1.54) is 4.31 Å². The number of anilines is 2. The Morgan fingerprint density at radius 2 is 1.71 bits per heavy atom. The van der Waals surface area contributed by atoms with Crippen molar-refractivity contribution in [3.8, 4) is 11.5 Å². The number of piperazine rings is 1. The van der Waals surface area contributed by atoms with Crippen LogP contribution in [0.15, 0.2) is 47.6 Å². The van der Waals surface area contributed by atoms with Crippen LogP contribution in [-0.4, -0.2) is 99.4 Å². The minimum absolute atomic E-state index is 0.262. The van der Waals surface area contributed by atoms with Crippen LogP contribution in [0.4, 0.5) is 11.5 Å². The lowest BCUT2D eigenvalue weighted by molar-refractivity contribution is -0.367. The maximum Gasteiger partial charge on any atom is 0.243 e. The summed E-state index contributed by atoms with van der Waals surface area (Å²) in [5.74, 6) is 2.29. The number of thiocarbonyl (C=S) groups is 1. The zero-order chi connectivity index (χ0) is 28.6. The van der Waals surface area contributed by atoms with Crippen LogP contribution in [-0.2, 0) is 14.8 Å². The molecule has 0 aliphatic carbocycles. The number of ether oxygens (including phenoxy) is 3. The number of morpholine rings is 1. The number of aromatic amines is 2. The van der Waals surface area contributed by atoms with E-state index in [1.807, 2.05) is 12.1 Å². The zero-order valence-corrected chi connectivity index (χ0v) is 24.5. The lowest BCUT2D eigenvalue weighted by Crippen LogP contribution is -2.51. The van der Waals surface area contributed by atoms with Crippen LogP contribution >= 0.6 is 12.2 Å². The second-order valence-corrected chi connectivity index (χ2v) is 12.1. The fraction of sp³-hybridized carbons (Fsp3) is 0.370. The van der Waals surface area contributed by atoms with Gasteiger partial charge in [-0.15, -0.1) is 0 Å². The number of benzene rings is 2. The Labute approximate surface area is 243 Å². The van der Waals surface area contributed by atoms with Crippen molar-refractivity contribution >= 4 is 60.8 Å². The van der Waals surface area contributed by atoms with Crippen molar-refractivity contribution in [2.24, 2.45) is 0 Å². The summed E-state index contributed by atoms with van der Waals surface area (Å²) in [5, 5.41) is 5.84. The largest absolute Gasteiger partial charge is 0.493 e. The van der Waals surface area contributed by atoms with Crippen LogP contribution in [0, 0.1) is 0 Å². The Morgan fingerprint density at radius 3 is 2.39 bits per heavy atom. The first kappa shape index (κ1) is 27.4. The summed E-state index contributed by atoms with van der Waals surface area (Å²) >= 11 is 5.71. The minimum Gasteiger partial charge on any atom is -0.493 e. The van der Waals surface area contributed by atoms with Crippen molar-refractivity contribution in [3.05, 3.63) is 42.7 Å². The van der Waals surface area contributed by atoms with E-state index in [2.05, 4.69) is 30.1 Å². The molecular formula is C27H32N7O5S2+. The summed E-state index contributed by atoms with van der Waals surface area (Å²) in [6.07, 6.45) is 1.70. The summed E-state index contributed by atoms with van der Waals surface area (Å²) < 4.78 is 43.6. The Kier molecular flexibility index (Phi) is 7.55. The molecule has 6 rings (SSSR count). The van der Waals surface area contributed by atoms with E-state index in [0.717, 1.165) is 46.5 Å². The lowest BCUT2D eigenvalue weighted by Gasteiger charge is -2.34. The fourth-order valence-corrected chi connectivity index (χ4v) is 7.01. The summed E-state index contributed by atoms with van der Waals surface area (Å²) in [6, 6.07) is 10.6. The highest BCUT2D eigenvalue weighted by atomic mass is 32.2. The first-order valence-electron chi connectivity index (χ1n) is 13.3. The van der Waals surface area contributed by atoms with Crippen molar-refractivity contribution in [2.45, 2.75) is 4.90 Å².